The molecular weight excluding hydrogens is 302 g/mol. The molecule has 1 unspecified atom stereocenters. The van der Waals surface area contributed by atoms with Crippen LogP contribution in [-0.4, -0.2) is 28.7 Å². The summed E-state index contributed by atoms with van der Waals surface area (Å²) in [6.45, 7) is 6.51. The van der Waals surface area contributed by atoms with Crippen molar-refractivity contribution in [3.8, 4) is 0 Å². The van der Waals surface area contributed by atoms with Gasteiger partial charge in [-0.25, -0.2) is 0 Å². The molecule has 0 aliphatic carbocycles. The van der Waals surface area contributed by atoms with Crippen LogP contribution in [0.15, 0.2) is 29.2 Å². The predicted octanol–water partition coefficient (Wildman–Crippen LogP) is 2.57. The summed E-state index contributed by atoms with van der Waals surface area (Å²) >= 11 is 1.34. The van der Waals surface area contributed by atoms with E-state index in [4.69, 9.17) is 5.73 Å². The van der Waals surface area contributed by atoms with Crippen molar-refractivity contribution in [3.05, 3.63) is 34.4 Å². The van der Waals surface area contributed by atoms with Crippen molar-refractivity contribution < 1.29 is 9.72 Å². The molecule has 1 rings (SSSR count). The van der Waals surface area contributed by atoms with Gasteiger partial charge in [-0.05, 0) is 31.4 Å². The molecule has 0 aliphatic heterocycles. The summed E-state index contributed by atoms with van der Waals surface area (Å²) in [6.07, 6.45) is 0.817. The fourth-order valence-corrected chi connectivity index (χ4v) is 2.97. The maximum atomic E-state index is 12.1. The van der Waals surface area contributed by atoms with E-state index in [0.29, 0.717) is 12.5 Å². The Morgan fingerprint density at radius 2 is 2.00 bits per heavy atom. The van der Waals surface area contributed by atoms with Gasteiger partial charge >= 0.3 is 0 Å². The van der Waals surface area contributed by atoms with Crippen LogP contribution in [-0.2, 0) is 4.79 Å². The van der Waals surface area contributed by atoms with Crippen LogP contribution in [0.1, 0.15) is 27.2 Å². The van der Waals surface area contributed by atoms with Crippen LogP contribution in [0.4, 0.5) is 5.69 Å². The number of carbonyl (C=O) groups excluding carboxylic acids is 1. The van der Waals surface area contributed by atoms with E-state index in [1.807, 2.05) is 6.92 Å². The number of rotatable bonds is 8. The van der Waals surface area contributed by atoms with Crippen LogP contribution < -0.4 is 11.1 Å². The highest BCUT2D eigenvalue weighted by Crippen LogP contribution is 2.22. The molecule has 1 aromatic rings. The maximum Gasteiger partial charge on any atom is 0.269 e. The lowest BCUT2D eigenvalue weighted by Crippen LogP contribution is -2.52. The van der Waals surface area contributed by atoms with Crippen LogP contribution >= 0.6 is 11.8 Å². The predicted molar refractivity (Wildman–Crippen MR) is 88.9 cm³/mol. The Morgan fingerprint density at radius 1 is 1.41 bits per heavy atom. The van der Waals surface area contributed by atoms with E-state index in [1.165, 1.54) is 23.9 Å². The van der Waals surface area contributed by atoms with Gasteiger partial charge in [-0.2, -0.15) is 0 Å². The first kappa shape index (κ1) is 18.4. The minimum absolute atomic E-state index is 0.0430. The normalized spacial score (nSPS) is 13.7. The monoisotopic (exact) mass is 325 g/mol. The third-order valence-corrected chi connectivity index (χ3v) is 4.18. The van der Waals surface area contributed by atoms with Gasteiger partial charge in [0.15, 0.2) is 0 Å². The van der Waals surface area contributed by atoms with Crippen LogP contribution in [0.2, 0.25) is 0 Å². The number of nitrogens with one attached hydrogen (secondary N) is 1. The molecule has 0 radical (unpaired) electrons. The molecule has 1 amide bonds. The number of nitro benzene ring substituents is 1. The summed E-state index contributed by atoms with van der Waals surface area (Å²) < 4.78 is 0. The van der Waals surface area contributed by atoms with Gasteiger partial charge in [0, 0.05) is 29.1 Å². The van der Waals surface area contributed by atoms with Gasteiger partial charge in [-0.1, -0.05) is 13.8 Å². The van der Waals surface area contributed by atoms with Crippen molar-refractivity contribution in [3.63, 3.8) is 0 Å². The number of non-ortho nitro benzene ring substituents is 1. The van der Waals surface area contributed by atoms with Crippen LogP contribution in [0.3, 0.4) is 0 Å². The fourth-order valence-electron chi connectivity index (χ4n) is 2.27. The van der Waals surface area contributed by atoms with E-state index < -0.39 is 10.5 Å². The molecule has 1 aromatic carbocycles. The number of carbonyl (C=O) groups is 1. The Bertz CT molecular complexity index is 519. The summed E-state index contributed by atoms with van der Waals surface area (Å²) in [5, 5.41) is 13.6. The molecule has 0 heterocycles. The highest BCUT2D eigenvalue weighted by molar-refractivity contribution is 8.00. The third kappa shape index (κ3) is 6.03. The number of amides is 1. The average molecular weight is 325 g/mol. The molecule has 0 fully saturated rings. The van der Waals surface area contributed by atoms with Gasteiger partial charge in [0.2, 0.25) is 5.91 Å². The van der Waals surface area contributed by atoms with Crippen molar-refractivity contribution in [2.75, 3.05) is 12.3 Å². The van der Waals surface area contributed by atoms with Gasteiger partial charge in [0.25, 0.3) is 5.69 Å². The molecule has 0 spiro atoms. The van der Waals surface area contributed by atoms with E-state index in [2.05, 4.69) is 19.2 Å². The molecule has 122 valence electrons. The maximum absolute atomic E-state index is 12.1. The first-order chi connectivity index (χ1) is 10.3. The quantitative estimate of drug-likeness (QED) is 0.435. The Morgan fingerprint density at radius 3 is 2.45 bits per heavy atom. The summed E-state index contributed by atoms with van der Waals surface area (Å²) in [6, 6.07) is 6.16. The number of thioether (sulfide) groups is 1. The Labute approximate surface area is 135 Å². The molecule has 0 saturated carbocycles. The summed E-state index contributed by atoms with van der Waals surface area (Å²) in [5.74, 6) is 0.610. The van der Waals surface area contributed by atoms with Gasteiger partial charge in [-0.3, -0.25) is 14.9 Å². The van der Waals surface area contributed by atoms with Gasteiger partial charge in [0.1, 0.15) is 0 Å². The Kier molecular flexibility index (Phi) is 6.83. The van der Waals surface area contributed by atoms with Gasteiger partial charge in [-0.15, -0.1) is 11.8 Å². The highest BCUT2D eigenvalue weighted by Gasteiger charge is 2.25. The molecule has 22 heavy (non-hydrogen) atoms. The molecule has 6 nitrogen and oxygen atoms in total. The minimum atomic E-state index is -0.445. The van der Waals surface area contributed by atoms with Crippen molar-refractivity contribution in [1.82, 2.24) is 5.32 Å². The fraction of sp³-hybridized carbons (Fsp3) is 0.533. The summed E-state index contributed by atoms with van der Waals surface area (Å²) in [4.78, 5) is 23.0. The SMILES string of the molecule is CC(C)CC(C)(CN)NC(=O)CSc1ccc([N+](=O)[O-])cc1. The second kappa shape index (κ2) is 8.14. The smallest absolute Gasteiger partial charge is 0.269 e. The highest BCUT2D eigenvalue weighted by atomic mass is 32.2. The van der Waals surface area contributed by atoms with E-state index in [0.717, 1.165) is 11.3 Å². The molecule has 0 aliphatic rings. The minimum Gasteiger partial charge on any atom is -0.349 e. The van der Waals surface area contributed by atoms with Crippen molar-refractivity contribution in [2.45, 2.75) is 37.6 Å². The number of nitro groups is 1. The first-order valence-corrected chi connectivity index (χ1v) is 8.12. The second-order valence-electron chi connectivity index (χ2n) is 5.95. The number of hydrogen-bond acceptors (Lipinski definition) is 5. The van der Waals surface area contributed by atoms with Crippen LogP contribution in [0, 0.1) is 16.0 Å². The third-order valence-electron chi connectivity index (χ3n) is 3.17. The van der Waals surface area contributed by atoms with Crippen LogP contribution in [0.25, 0.3) is 0 Å². The van der Waals surface area contributed by atoms with E-state index in [-0.39, 0.29) is 17.3 Å². The zero-order chi connectivity index (χ0) is 16.8. The van der Waals surface area contributed by atoms with E-state index in [9.17, 15) is 14.9 Å². The molecule has 0 saturated heterocycles. The van der Waals surface area contributed by atoms with Crippen molar-refractivity contribution in [2.24, 2.45) is 11.7 Å². The Balaban J connectivity index is 2.53. The molecule has 0 bridgehead atoms. The zero-order valence-electron chi connectivity index (χ0n) is 13.2. The molecular formula is C15H23N3O3S. The topological polar surface area (TPSA) is 98.3 Å². The standard InChI is InChI=1S/C15H23N3O3S/c1-11(2)8-15(3,10-16)17-14(19)9-22-13-6-4-12(5-7-13)18(20)21/h4-7,11H,8-10,16H2,1-3H3,(H,17,19). The zero-order valence-corrected chi connectivity index (χ0v) is 14.0. The van der Waals surface area contributed by atoms with Crippen molar-refractivity contribution in [1.29, 1.82) is 0 Å². The lowest BCUT2D eigenvalue weighted by Gasteiger charge is -2.31. The average Bonchev–Trinajstić information content (AvgIpc) is 2.44. The van der Waals surface area contributed by atoms with E-state index >= 15 is 0 Å². The number of hydrogen-bond donors (Lipinski definition) is 2. The lowest BCUT2D eigenvalue weighted by molar-refractivity contribution is -0.384. The first-order valence-electron chi connectivity index (χ1n) is 7.14. The van der Waals surface area contributed by atoms with Crippen molar-refractivity contribution >= 4 is 23.4 Å². The van der Waals surface area contributed by atoms with E-state index in [1.54, 1.807) is 12.1 Å². The van der Waals surface area contributed by atoms with Gasteiger partial charge < -0.3 is 11.1 Å². The molecule has 7 heteroatoms. The van der Waals surface area contributed by atoms with Crippen LogP contribution in [0.5, 0.6) is 0 Å². The molecule has 3 N–H and O–H groups in total. The lowest BCUT2D eigenvalue weighted by atomic mass is 9.91. The second-order valence-corrected chi connectivity index (χ2v) is 7.00. The summed E-state index contributed by atoms with van der Waals surface area (Å²) in [5.41, 5.74) is 5.41. The summed E-state index contributed by atoms with van der Waals surface area (Å²) in [7, 11) is 0. The number of nitrogens with zero attached hydrogens (tertiary/aromatic N) is 1. The number of nitrogens with two attached hydrogens (primary N) is 1. The molecule has 0 aromatic heterocycles. The largest absolute Gasteiger partial charge is 0.349 e. The Hall–Kier alpha value is -1.60. The molecule has 1 atom stereocenters. The van der Waals surface area contributed by atoms with Gasteiger partial charge in [0.05, 0.1) is 10.7 Å². The number of benzene rings is 1.